The summed E-state index contributed by atoms with van der Waals surface area (Å²) in [6.07, 6.45) is 0. The first-order valence-electron chi connectivity index (χ1n) is 3.43. The molecule has 0 heterocycles. The molecule has 0 aliphatic rings. The molecular weight excluding hydrogens is 212 g/mol. The van der Waals surface area contributed by atoms with Crippen molar-refractivity contribution in [2.75, 3.05) is 5.23 Å². The molecule has 1 rings (SSSR count). The van der Waals surface area contributed by atoms with Crippen molar-refractivity contribution in [1.82, 2.24) is 0 Å². The fraction of sp³-hybridized carbons (Fsp3) is 0. The summed E-state index contributed by atoms with van der Waals surface area (Å²) in [6, 6.07) is 2.90. The lowest BCUT2D eigenvalue weighted by molar-refractivity contribution is 0.0765. The van der Waals surface area contributed by atoms with Crippen molar-refractivity contribution in [3.05, 3.63) is 34.8 Å². The van der Waals surface area contributed by atoms with Gasteiger partial charge in [-0.15, -0.1) is 0 Å². The van der Waals surface area contributed by atoms with Crippen molar-refractivity contribution in [1.29, 1.82) is 0 Å². The average molecular weight is 218 g/mol. The molecular formula is C7H6FNO4P-. The maximum atomic E-state index is 12.8. The predicted molar refractivity (Wildman–Crippen MR) is 49.2 cm³/mol. The van der Waals surface area contributed by atoms with E-state index in [9.17, 15) is 14.4 Å². The van der Waals surface area contributed by atoms with Gasteiger partial charge in [-0.05, 0) is 18.2 Å². The topological polar surface area (TPSA) is 72.8 Å². The highest BCUT2D eigenvalue weighted by atomic mass is 31.0. The van der Waals surface area contributed by atoms with Gasteiger partial charge in [-0.3, -0.25) is 5.21 Å². The van der Waals surface area contributed by atoms with Gasteiger partial charge in [-0.25, -0.2) is 9.18 Å². The van der Waals surface area contributed by atoms with Crippen molar-refractivity contribution < 1.29 is 18.9 Å². The maximum Gasteiger partial charge on any atom is 0.340 e. The van der Waals surface area contributed by atoms with Crippen LogP contribution < -0.4 is 5.23 Å². The Bertz CT molecular complexity index is 358. The zero-order valence-corrected chi connectivity index (χ0v) is 7.96. The first-order chi connectivity index (χ1) is 6.56. The van der Waals surface area contributed by atoms with E-state index in [4.69, 9.17) is 5.21 Å². The normalized spacial score (nSPS) is 9.71. The monoisotopic (exact) mass is 218 g/mol. The van der Waals surface area contributed by atoms with E-state index in [2.05, 4.69) is 4.52 Å². The second kappa shape index (κ2) is 4.32. The number of anilines is 1. The van der Waals surface area contributed by atoms with Crippen LogP contribution >= 0.6 is 9.47 Å². The number of nitrogens with zero attached hydrogens (tertiary/aromatic N) is 1. The average Bonchev–Trinajstić information content (AvgIpc) is 2.17. The van der Waals surface area contributed by atoms with E-state index < -0.39 is 22.7 Å². The van der Waals surface area contributed by atoms with Crippen LogP contribution in [0.5, 0.6) is 0 Å². The second-order valence-electron chi connectivity index (χ2n) is 2.34. The van der Waals surface area contributed by atoms with E-state index in [-0.39, 0.29) is 5.56 Å². The van der Waals surface area contributed by atoms with E-state index in [0.717, 1.165) is 18.2 Å². The van der Waals surface area contributed by atoms with Crippen molar-refractivity contribution in [3.8, 4) is 0 Å². The Hall–Kier alpha value is -1.23. The summed E-state index contributed by atoms with van der Waals surface area (Å²) in [5.74, 6) is -1.68. The van der Waals surface area contributed by atoms with Gasteiger partial charge in [0.25, 0.3) is 0 Å². The summed E-state index contributed by atoms with van der Waals surface area (Å²) < 4.78 is 17.1. The SMILES string of the molecule is O=C(OP)c1ccc(F)c(N([O-])O)c1. The van der Waals surface area contributed by atoms with Crippen LogP contribution in [0, 0.1) is 11.0 Å². The fourth-order valence-electron chi connectivity index (χ4n) is 0.854. The van der Waals surface area contributed by atoms with Gasteiger partial charge in [0.1, 0.15) is 5.82 Å². The third-order valence-corrected chi connectivity index (χ3v) is 1.71. The van der Waals surface area contributed by atoms with E-state index >= 15 is 0 Å². The minimum absolute atomic E-state index is 0.0358. The standard InChI is InChI=1S/C7H6FNO4P/c8-5-2-1-4(7(10)13-14)3-6(5)9(11)12/h1-3,11H,14H2/q-1. The first-order valence-corrected chi connectivity index (χ1v) is 3.90. The number of carbonyl (C=O) groups is 1. The number of halogens is 1. The highest BCUT2D eigenvalue weighted by Gasteiger charge is 2.09. The lowest BCUT2D eigenvalue weighted by atomic mass is 10.2. The lowest BCUT2D eigenvalue weighted by Crippen LogP contribution is -2.10. The van der Waals surface area contributed by atoms with E-state index in [1.807, 2.05) is 0 Å². The van der Waals surface area contributed by atoms with Crippen molar-refractivity contribution in [2.45, 2.75) is 0 Å². The summed E-state index contributed by atoms with van der Waals surface area (Å²) in [5, 5.41) is 18.2. The molecule has 76 valence electrons. The van der Waals surface area contributed by atoms with Gasteiger partial charge < -0.3 is 15.0 Å². The van der Waals surface area contributed by atoms with E-state index in [0.29, 0.717) is 0 Å². The van der Waals surface area contributed by atoms with Crippen LogP contribution in [0.15, 0.2) is 18.2 Å². The molecule has 0 bridgehead atoms. The number of carbonyl (C=O) groups excluding carboxylic acids is 1. The van der Waals surface area contributed by atoms with Gasteiger partial charge in [0, 0.05) is 0 Å². The summed E-state index contributed by atoms with van der Waals surface area (Å²) in [6.45, 7) is 0. The Balaban J connectivity index is 3.13. The number of benzene rings is 1. The largest absolute Gasteiger partial charge is 0.733 e. The molecule has 0 aliphatic heterocycles. The maximum absolute atomic E-state index is 12.8. The van der Waals surface area contributed by atoms with Gasteiger partial charge in [0.05, 0.1) is 20.7 Å². The quantitative estimate of drug-likeness (QED) is 0.600. The first kappa shape index (κ1) is 10.8. The van der Waals surface area contributed by atoms with Crippen LogP contribution in [0.2, 0.25) is 0 Å². The molecule has 0 aromatic heterocycles. The highest BCUT2D eigenvalue weighted by molar-refractivity contribution is 7.10. The number of hydrogen-bond donors (Lipinski definition) is 1. The third-order valence-electron chi connectivity index (χ3n) is 1.49. The van der Waals surface area contributed by atoms with Gasteiger partial charge in [-0.2, -0.15) is 0 Å². The Labute approximate surface area is 80.9 Å². The third kappa shape index (κ3) is 2.17. The highest BCUT2D eigenvalue weighted by Crippen LogP contribution is 2.19. The van der Waals surface area contributed by atoms with Crippen molar-refractivity contribution in [3.63, 3.8) is 0 Å². The molecule has 1 N–H and O–H groups in total. The molecule has 0 saturated heterocycles. The molecule has 1 aromatic rings. The Morgan fingerprint density at radius 3 is 2.79 bits per heavy atom. The summed E-state index contributed by atoms with van der Waals surface area (Å²) in [7, 11) is 1.72. The van der Waals surface area contributed by atoms with Gasteiger partial charge in [0.2, 0.25) is 0 Å². The fourth-order valence-corrected chi connectivity index (χ4v) is 0.990. The second-order valence-corrected chi connectivity index (χ2v) is 2.58. The summed E-state index contributed by atoms with van der Waals surface area (Å²) in [5.41, 5.74) is -0.677. The molecule has 0 spiro atoms. The van der Waals surface area contributed by atoms with Crippen molar-refractivity contribution in [2.24, 2.45) is 0 Å². The smallest absolute Gasteiger partial charge is 0.340 e. The Kier molecular flexibility index (Phi) is 3.35. The summed E-state index contributed by atoms with van der Waals surface area (Å²) >= 11 is 0. The molecule has 1 atom stereocenters. The van der Waals surface area contributed by atoms with Crippen LogP contribution in [-0.4, -0.2) is 11.2 Å². The molecule has 0 aliphatic carbocycles. The van der Waals surface area contributed by atoms with Gasteiger partial charge >= 0.3 is 5.97 Å². The minimum atomic E-state index is -0.928. The Morgan fingerprint density at radius 1 is 1.64 bits per heavy atom. The Morgan fingerprint density at radius 2 is 2.29 bits per heavy atom. The number of hydrogen-bond acceptors (Lipinski definition) is 5. The molecule has 0 radical (unpaired) electrons. The molecule has 1 aromatic carbocycles. The van der Waals surface area contributed by atoms with Crippen LogP contribution in [0.3, 0.4) is 0 Å². The van der Waals surface area contributed by atoms with E-state index in [1.54, 1.807) is 9.47 Å². The molecule has 0 saturated carbocycles. The number of rotatable bonds is 2. The minimum Gasteiger partial charge on any atom is -0.733 e. The van der Waals surface area contributed by atoms with Gasteiger partial charge in [0.15, 0.2) is 0 Å². The van der Waals surface area contributed by atoms with Crippen LogP contribution in [-0.2, 0) is 4.52 Å². The van der Waals surface area contributed by atoms with Crippen molar-refractivity contribution >= 4 is 21.1 Å². The molecule has 14 heavy (non-hydrogen) atoms. The molecule has 7 heteroatoms. The van der Waals surface area contributed by atoms with Crippen LogP contribution in [0.1, 0.15) is 10.4 Å². The zero-order chi connectivity index (χ0) is 10.7. The molecule has 5 nitrogen and oxygen atoms in total. The lowest BCUT2D eigenvalue weighted by Gasteiger charge is -2.22. The molecule has 0 amide bonds. The zero-order valence-electron chi connectivity index (χ0n) is 6.81. The molecule has 1 unspecified atom stereocenters. The van der Waals surface area contributed by atoms with Crippen LogP contribution in [0.4, 0.5) is 10.1 Å². The van der Waals surface area contributed by atoms with Gasteiger partial charge in [-0.1, -0.05) is 0 Å². The molecule has 0 fully saturated rings. The summed E-state index contributed by atoms with van der Waals surface area (Å²) in [4.78, 5) is 10.9. The predicted octanol–water partition coefficient (Wildman–Crippen LogP) is 1.47. The van der Waals surface area contributed by atoms with Crippen LogP contribution in [0.25, 0.3) is 0 Å². The van der Waals surface area contributed by atoms with E-state index in [1.165, 1.54) is 0 Å².